The van der Waals surface area contributed by atoms with Gasteiger partial charge in [-0.25, -0.2) is 4.79 Å². The topological polar surface area (TPSA) is 91.0 Å². The lowest BCUT2D eigenvalue weighted by atomic mass is 9.97. The highest BCUT2D eigenvalue weighted by molar-refractivity contribution is 5.88. The van der Waals surface area contributed by atoms with Gasteiger partial charge in [-0.05, 0) is 24.8 Å². The normalized spacial score (nSPS) is 17.9. The Hall–Kier alpha value is -2.61. The average molecular weight is 461 g/mol. The molecule has 8 heteroatoms. The van der Waals surface area contributed by atoms with Gasteiger partial charge < -0.3 is 25.2 Å². The van der Waals surface area contributed by atoms with E-state index in [2.05, 4.69) is 17.6 Å². The van der Waals surface area contributed by atoms with Crippen LogP contribution in [0.2, 0.25) is 0 Å². The van der Waals surface area contributed by atoms with E-state index in [-0.39, 0.29) is 36.4 Å². The molecule has 33 heavy (non-hydrogen) atoms. The van der Waals surface area contributed by atoms with Crippen molar-refractivity contribution in [2.24, 2.45) is 5.92 Å². The number of benzene rings is 1. The van der Waals surface area contributed by atoms with Crippen LogP contribution < -0.4 is 10.6 Å². The van der Waals surface area contributed by atoms with Crippen LogP contribution in [-0.4, -0.2) is 72.5 Å². The second-order valence-corrected chi connectivity index (χ2v) is 8.82. The van der Waals surface area contributed by atoms with Crippen molar-refractivity contribution in [3.8, 4) is 0 Å². The van der Waals surface area contributed by atoms with E-state index in [4.69, 9.17) is 4.74 Å². The van der Waals surface area contributed by atoms with Crippen molar-refractivity contribution in [3.63, 3.8) is 0 Å². The summed E-state index contributed by atoms with van der Waals surface area (Å²) in [6.45, 7) is 10.3. The lowest BCUT2D eigenvalue weighted by Gasteiger charge is -2.41. The Labute approximate surface area is 198 Å². The SMILES string of the molecule is CCCCNC(=O)N1CCN(C(=O)C(NC(=O)COCc2ccccc2)C(C)CC)CC1C. The maximum absolute atomic E-state index is 13.3. The van der Waals surface area contributed by atoms with Crippen LogP contribution in [0, 0.1) is 5.92 Å². The van der Waals surface area contributed by atoms with Gasteiger partial charge in [0.25, 0.3) is 0 Å². The molecule has 184 valence electrons. The number of carbonyl (C=O) groups is 3. The van der Waals surface area contributed by atoms with Crippen LogP contribution in [0.25, 0.3) is 0 Å². The number of amides is 4. The maximum Gasteiger partial charge on any atom is 0.317 e. The van der Waals surface area contributed by atoms with Crippen LogP contribution in [0.1, 0.15) is 52.5 Å². The molecule has 0 radical (unpaired) electrons. The Bertz CT molecular complexity index is 758. The molecule has 1 aliphatic rings. The second kappa shape index (κ2) is 13.8. The predicted molar refractivity (Wildman–Crippen MR) is 129 cm³/mol. The molecule has 1 aromatic carbocycles. The van der Waals surface area contributed by atoms with Gasteiger partial charge in [-0.1, -0.05) is 63.9 Å². The summed E-state index contributed by atoms with van der Waals surface area (Å²) >= 11 is 0. The first-order valence-corrected chi connectivity index (χ1v) is 12.1. The molecular weight excluding hydrogens is 420 g/mol. The highest BCUT2D eigenvalue weighted by Crippen LogP contribution is 2.16. The zero-order valence-electron chi connectivity index (χ0n) is 20.5. The Morgan fingerprint density at radius 1 is 1.15 bits per heavy atom. The van der Waals surface area contributed by atoms with Gasteiger partial charge in [-0.3, -0.25) is 9.59 Å². The van der Waals surface area contributed by atoms with Crippen LogP contribution >= 0.6 is 0 Å². The number of nitrogens with zero attached hydrogens (tertiary/aromatic N) is 2. The summed E-state index contributed by atoms with van der Waals surface area (Å²) in [5, 5.41) is 5.83. The zero-order chi connectivity index (χ0) is 24.2. The molecule has 2 rings (SSSR count). The fourth-order valence-electron chi connectivity index (χ4n) is 3.86. The molecular formula is C25H40N4O4. The lowest BCUT2D eigenvalue weighted by Crippen LogP contribution is -2.61. The standard InChI is InChI=1S/C25H40N4O4/c1-5-7-13-26-25(32)29-15-14-28(16-20(29)4)24(31)23(19(3)6-2)27-22(30)18-33-17-21-11-9-8-10-12-21/h8-12,19-20,23H,5-7,13-18H2,1-4H3,(H,26,32)(H,27,30). The monoisotopic (exact) mass is 460 g/mol. The highest BCUT2D eigenvalue weighted by Gasteiger charge is 2.35. The van der Waals surface area contributed by atoms with Crippen LogP contribution in [0.4, 0.5) is 4.79 Å². The number of piperazine rings is 1. The summed E-state index contributed by atoms with van der Waals surface area (Å²) in [4.78, 5) is 41.8. The smallest absolute Gasteiger partial charge is 0.317 e. The van der Waals surface area contributed by atoms with Crippen molar-refractivity contribution >= 4 is 17.8 Å². The van der Waals surface area contributed by atoms with E-state index in [1.807, 2.05) is 51.1 Å². The predicted octanol–water partition coefficient (Wildman–Crippen LogP) is 2.78. The lowest BCUT2D eigenvalue weighted by molar-refractivity contribution is -0.141. The minimum Gasteiger partial charge on any atom is -0.367 e. The quantitative estimate of drug-likeness (QED) is 0.497. The third-order valence-electron chi connectivity index (χ3n) is 6.15. The van der Waals surface area contributed by atoms with Gasteiger partial charge in [0.1, 0.15) is 12.6 Å². The summed E-state index contributed by atoms with van der Waals surface area (Å²) in [6.07, 6.45) is 2.74. The average Bonchev–Trinajstić information content (AvgIpc) is 2.82. The molecule has 0 aromatic heterocycles. The first-order valence-electron chi connectivity index (χ1n) is 12.1. The molecule has 4 amide bonds. The van der Waals surface area contributed by atoms with Crippen molar-refractivity contribution in [2.45, 2.75) is 65.6 Å². The molecule has 1 aliphatic heterocycles. The molecule has 8 nitrogen and oxygen atoms in total. The molecule has 0 aliphatic carbocycles. The van der Waals surface area contributed by atoms with Gasteiger partial charge in [0, 0.05) is 32.2 Å². The fourth-order valence-corrected chi connectivity index (χ4v) is 3.86. The van der Waals surface area contributed by atoms with E-state index in [1.165, 1.54) is 0 Å². The van der Waals surface area contributed by atoms with Gasteiger partial charge in [0.05, 0.1) is 6.61 Å². The van der Waals surface area contributed by atoms with Crippen molar-refractivity contribution in [1.29, 1.82) is 0 Å². The van der Waals surface area contributed by atoms with Crippen molar-refractivity contribution in [2.75, 3.05) is 32.8 Å². The Balaban J connectivity index is 1.89. The maximum atomic E-state index is 13.3. The van der Waals surface area contributed by atoms with E-state index < -0.39 is 6.04 Å². The molecule has 1 heterocycles. The summed E-state index contributed by atoms with van der Waals surface area (Å²) in [5.74, 6) is -0.411. The molecule has 2 N–H and O–H groups in total. The molecule has 1 fully saturated rings. The van der Waals surface area contributed by atoms with Crippen LogP contribution in [0.5, 0.6) is 0 Å². The third-order valence-corrected chi connectivity index (χ3v) is 6.15. The molecule has 0 spiro atoms. The van der Waals surface area contributed by atoms with E-state index >= 15 is 0 Å². The number of unbranched alkanes of at least 4 members (excludes halogenated alkanes) is 1. The number of ether oxygens (including phenoxy) is 1. The number of hydrogen-bond donors (Lipinski definition) is 2. The molecule has 1 aromatic rings. The summed E-state index contributed by atoms with van der Waals surface area (Å²) < 4.78 is 5.53. The third kappa shape index (κ3) is 8.35. The van der Waals surface area contributed by atoms with Crippen LogP contribution in [0.15, 0.2) is 30.3 Å². The van der Waals surface area contributed by atoms with Crippen LogP contribution in [-0.2, 0) is 20.9 Å². The van der Waals surface area contributed by atoms with Gasteiger partial charge in [0.15, 0.2) is 0 Å². The van der Waals surface area contributed by atoms with Crippen molar-refractivity contribution in [3.05, 3.63) is 35.9 Å². The number of nitrogens with one attached hydrogen (secondary N) is 2. The van der Waals surface area contributed by atoms with Gasteiger partial charge in [0.2, 0.25) is 11.8 Å². The number of urea groups is 1. The molecule has 3 unspecified atom stereocenters. The van der Waals surface area contributed by atoms with Crippen molar-refractivity contribution < 1.29 is 19.1 Å². The zero-order valence-corrected chi connectivity index (χ0v) is 20.5. The van der Waals surface area contributed by atoms with Crippen LogP contribution in [0.3, 0.4) is 0 Å². The minimum absolute atomic E-state index is 0.0127. The summed E-state index contributed by atoms with van der Waals surface area (Å²) in [6, 6.07) is 8.87. The molecule has 0 saturated carbocycles. The van der Waals surface area contributed by atoms with E-state index in [0.717, 1.165) is 24.8 Å². The molecule has 0 bridgehead atoms. The minimum atomic E-state index is -0.611. The number of hydrogen-bond acceptors (Lipinski definition) is 4. The summed E-state index contributed by atoms with van der Waals surface area (Å²) in [7, 11) is 0. The molecule has 1 saturated heterocycles. The first-order chi connectivity index (χ1) is 15.9. The Morgan fingerprint density at radius 3 is 2.52 bits per heavy atom. The van der Waals surface area contributed by atoms with E-state index in [9.17, 15) is 14.4 Å². The second-order valence-electron chi connectivity index (χ2n) is 8.82. The highest BCUT2D eigenvalue weighted by atomic mass is 16.5. The number of carbonyl (C=O) groups excluding carboxylic acids is 3. The van der Waals surface area contributed by atoms with Crippen molar-refractivity contribution in [1.82, 2.24) is 20.4 Å². The van der Waals surface area contributed by atoms with Gasteiger partial charge in [-0.15, -0.1) is 0 Å². The Kier molecular flexibility index (Phi) is 11.2. The van der Waals surface area contributed by atoms with E-state index in [0.29, 0.717) is 32.8 Å². The summed E-state index contributed by atoms with van der Waals surface area (Å²) in [5.41, 5.74) is 0.991. The van der Waals surface area contributed by atoms with Gasteiger partial charge in [-0.2, -0.15) is 0 Å². The number of rotatable bonds is 11. The fraction of sp³-hybridized carbons (Fsp3) is 0.640. The van der Waals surface area contributed by atoms with Gasteiger partial charge >= 0.3 is 6.03 Å². The first kappa shape index (κ1) is 26.6. The molecule has 3 atom stereocenters. The Morgan fingerprint density at radius 2 is 1.88 bits per heavy atom. The largest absolute Gasteiger partial charge is 0.367 e. The van der Waals surface area contributed by atoms with E-state index in [1.54, 1.807) is 9.80 Å².